The molecule has 2 rings (SSSR count). The van der Waals surface area contributed by atoms with Gasteiger partial charge in [-0.2, -0.15) is 0 Å². The Morgan fingerprint density at radius 3 is 2.38 bits per heavy atom. The maximum atomic E-state index is 3.62. The average molecular weight is 237 g/mol. The molecule has 1 aromatic heterocycles. The largest absolute Gasteiger partial charge is 0.311 e. The molecular formula is C14H23NS. The van der Waals surface area contributed by atoms with Gasteiger partial charge in [-0.3, -0.25) is 0 Å². The van der Waals surface area contributed by atoms with E-state index in [9.17, 15) is 0 Å². The summed E-state index contributed by atoms with van der Waals surface area (Å²) in [5.74, 6) is 0.719. The molecule has 0 saturated carbocycles. The van der Waals surface area contributed by atoms with Crippen molar-refractivity contribution in [3.05, 3.63) is 21.9 Å². The molecule has 1 aromatic rings. The highest BCUT2D eigenvalue weighted by Gasteiger charge is 2.30. The van der Waals surface area contributed by atoms with E-state index in [4.69, 9.17) is 0 Å². The fourth-order valence-corrected chi connectivity index (χ4v) is 3.82. The quantitative estimate of drug-likeness (QED) is 0.781. The first-order valence-corrected chi connectivity index (χ1v) is 7.06. The fraction of sp³-hybridized carbons (Fsp3) is 0.714. The summed E-state index contributed by atoms with van der Waals surface area (Å²) in [6.07, 6.45) is 1.28. The lowest BCUT2D eigenvalue weighted by atomic mass is 9.94. The predicted octanol–water partition coefficient (Wildman–Crippen LogP) is 3.90. The first kappa shape index (κ1) is 12.1. The Morgan fingerprint density at radius 2 is 1.94 bits per heavy atom. The van der Waals surface area contributed by atoms with Gasteiger partial charge in [-0.25, -0.2) is 0 Å². The third kappa shape index (κ3) is 2.33. The van der Waals surface area contributed by atoms with Gasteiger partial charge >= 0.3 is 0 Å². The highest BCUT2D eigenvalue weighted by atomic mass is 32.1. The maximum absolute atomic E-state index is 3.62. The SMILES string of the molecule is CC1CC(c2ccc(C(C)(C)C)s2)C(C)N1. The Kier molecular flexibility index (Phi) is 3.15. The van der Waals surface area contributed by atoms with Crippen LogP contribution in [0.15, 0.2) is 12.1 Å². The summed E-state index contributed by atoms with van der Waals surface area (Å²) >= 11 is 2.00. The normalized spacial score (nSPS) is 30.9. The molecule has 0 radical (unpaired) electrons. The lowest BCUT2D eigenvalue weighted by Gasteiger charge is -2.16. The molecular weight excluding hydrogens is 214 g/mol. The highest BCUT2D eigenvalue weighted by Crippen LogP contribution is 2.38. The summed E-state index contributed by atoms with van der Waals surface area (Å²) in [4.78, 5) is 3.07. The molecule has 2 heteroatoms. The number of nitrogens with one attached hydrogen (secondary N) is 1. The minimum atomic E-state index is 0.295. The molecule has 2 heterocycles. The summed E-state index contributed by atoms with van der Waals surface area (Å²) < 4.78 is 0. The average Bonchev–Trinajstić information content (AvgIpc) is 2.70. The van der Waals surface area contributed by atoms with E-state index < -0.39 is 0 Å². The van der Waals surface area contributed by atoms with Crippen molar-refractivity contribution >= 4 is 11.3 Å². The number of thiophene rings is 1. The van der Waals surface area contributed by atoms with E-state index in [-0.39, 0.29) is 0 Å². The first-order chi connectivity index (χ1) is 7.38. The van der Waals surface area contributed by atoms with Gasteiger partial charge < -0.3 is 5.32 Å². The van der Waals surface area contributed by atoms with Crippen LogP contribution in [0.2, 0.25) is 0 Å². The summed E-state index contributed by atoms with van der Waals surface area (Å²) in [6, 6.07) is 5.95. The van der Waals surface area contributed by atoms with Crippen LogP contribution in [0, 0.1) is 0 Å². The van der Waals surface area contributed by atoms with E-state index in [0.29, 0.717) is 17.5 Å². The zero-order chi connectivity index (χ0) is 11.9. The second kappa shape index (κ2) is 4.15. The zero-order valence-electron chi connectivity index (χ0n) is 11.0. The van der Waals surface area contributed by atoms with Gasteiger partial charge in [-0.15, -0.1) is 11.3 Å². The zero-order valence-corrected chi connectivity index (χ0v) is 11.8. The van der Waals surface area contributed by atoms with E-state index in [0.717, 1.165) is 5.92 Å². The minimum Gasteiger partial charge on any atom is -0.311 e. The molecule has 3 atom stereocenters. The third-order valence-corrected chi connectivity index (χ3v) is 5.13. The van der Waals surface area contributed by atoms with Crippen LogP contribution in [0.5, 0.6) is 0 Å². The van der Waals surface area contributed by atoms with Gasteiger partial charge in [0.05, 0.1) is 0 Å². The van der Waals surface area contributed by atoms with Crippen molar-refractivity contribution in [3.8, 4) is 0 Å². The van der Waals surface area contributed by atoms with Crippen molar-refractivity contribution in [3.63, 3.8) is 0 Å². The van der Waals surface area contributed by atoms with E-state index in [2.05, 4.69) is 52.1 Å². The second-order valence-corrected chi connectivity index (χ2v) is 7.27. The number of hydrogen-bond acceptors (Lipinski definition) is 2. The van der Waals surface area contributed by atoms with Gasteiger partial charge in [0.1, 0.15) is 0 Å². The van der Waals surface area contributed by atoms with Crippen LogP contribution in [0.3, 0.4) is 0 Å². The van der Waals surface area contributed by atoms with Crippen molar-refractivity contribution in [2.45, 2.75) is 64.5 Å². The molecule has 16 heavy (non-hydrogen) atoms. The molecule has 1 saturated heterocycles. The Balaban J connectivity index is 2.19. The lowest BCUT2D eigenvalue weighted by Crippen LogP contribution is -2.25. The molecule has 1 aliphatic heterocycles. The first-order valence-electron chi connectivity index (χ1n) is 6.24. The topological polar surface area (TPSA) is 12.0 Å². The third-order valence-electron chi connectivity index (χ3n) is 3.49. The number of rotatable bonds is 1. The fourth-order valence-electron chi connectivity index (χ4n) is 2.54. The second-order valence-electron chi connectivity index (χ2n) is 6.15. The van der Waals surface area contributed by atoms with Gasteiger partial charge in [0.15, 0.2) is 0 Å². The smallest absolute Gasteiger partial charge is 0.0118 e. The van der Waals surface area contributed by atoms with Crippen molar-refractivity contribution < 1.29 is 0 Å². The van der Waals surface area contributed by atoms with Crippen LogP contribution in [-0.4, -0.2) is 12.1 Å². The highest BCUT2D eigenvalue weighted by molar-refractivity contribution is 7.12. The molecule has 0 aliphatic carbocycles. The van der Waals surface area contributed by atoms with Gasteiger partial charge in [-0.05, 0) is 37.8 Å². The summed E-state index contributed by atoms with van der Waals surface area (Å²) in [5, 5.41) is 3.62. The minimum absolute atomic E-state index is 0.295. The van der Waals surface area contributed by atoms with Gasteiger partial charge in [0.2, 0.25) is 0 Å². The van der Waals surface area contributed by atoms with Gasteiger partial charge in [0, 0.05) is 27.8 Å². The van der Waals surface area contributed by atoms with Gasteiger partial charge in [-0.1, -0.05) is 20.8 Å². The molecule has 1 nitrogen and oxygen atoms in total. The Labute approximate surface area is 103 Å². The summed E-state index contributed by atoms with van der Waals surface area (Å²) in [6.45, 7) is 11.5. The lowest BCUT2D eigenvalue weighted by molar-refractivity contribution is 0.578. The summed E-state index contributed by atoms with van der Waals surface area (Å²) in [7, 11) is 0. The van der Waals surface area contributed by atoms with Crippen LogP contribution < -0.4 is 5.32 Å². The Bertz CT molecular complexity index is 361. The molecule has 1 N–H and O–H groups in total. The maximum Gasteiger partial charge on any atom is 0.0118 e. The van der Waals surface area contributed by atoms with Crippen LogP contribution in [0.4, 0.5) is 0 Å². The van der Waals surface area contributed by atoms with E-state index in [1.54, 1.807) is 4.88 Å². The van der Waals surface area contributed by atoms with E-state index in [1.807, 2.05) is 11.3 Å². The Morgan fingerprint density at radius 1 is 1.25 bits per heavy atom. The predicted molar refractivity (Wildman–Crippen MR) is 72.4 cm³/mol. The molecule has 3 unspecified atom stereocenters. The molecule has 0 aromatic carbocycles. The molecule has 1 aliphatic rings. The standard InChI is InChI=1S/C14H23NS/c1-9-8-11(10(2)15-9)12-6-7-13(16-12)14(3,4)5/h6-7,9-11,15H,8H2,1-5H3. The van der Waals surface area contributed by atoms with Crippen LogP contribution in [0.1, 0.15) is 56.7 Å². The van der Waals surface area contributed by atoms with Crippen LogP contribution in [0.25, 0.3) is 0 Å². The van der Waals surface area contributed by atoms with Crippen LogP contribution >= 0.6 is 11.3 Å². The molecule has 1 fully saturated rings. The monoisotopic (exact) mass is 237 g/mol. The Hall–Kier alpha value is -0.340. The van der Waals surface area contributed by atoms with Crippen molar-refractivity contribution in [1.82, 2.24) is 5.32 Å². The van der Waals surface area contributed by atoms with Crippen LogP contribution in [-0.2, 0) is 5.41 Å². The van der Waals surface area contributed by atoms with Gasteiger partial charge in [0.25, 0.3) is 0 Å². The molecule has 0 spiro atoms. The van der Waals surface area contributed by atoms with Crippen molar-refractivity contribution in [2.75, 3.05) is 0 Å². The van der Waals surface area contributed by atoms with E-state index in [1.165, 1.54) is 11.3 Å². The summed E-state index contributed by atoms with van der Waals surface area (Å²) in [5.41, 5.74) is 0.295. The number of hydrogen-bond donors (Lipinski definition) is 1. The van der Waals surface area contributed by atoms with Crippen molar-refractivity contribution in [2.24, 2.45) is 0 Å². The molecule has 90 valence electrons. The molecule has 0 amide bonds. The van der Waals surface area contributed by atoms with E-state index >= 15 is 0 Å². The van der Waals surface area contributed by atoms with Crippen molar-refractivity contribution in [1.29, 1.82) is 0 Å². The molecule has 0 bridgehead atoms.